The second-order valence-corrected chi connectivity index (χ2v) is 6.12. The Morgan fingerprint density at radius 1 is 1.00 bits per heavy atom. The van der Waals surface area contributed by atoms with Crippen molar-refractivity contribution in [3.05, 3.63) is 89.6 Å². The van der Waals surface area contributed by atoms with Crippen molar-refractivity contribution in [2.24, 2.45) is 0 Å². The maximum atomic E-state index is 6.26. The van der Waals surface area contributed by atoms with Crippen molar-refractivity contribution in [3.8, 4) is 5.75 Å². The predicted octanol–water partition coefficient (Wildman–Crippen LogP) is 5.11. The average Bonchev–Trinajstić information content (AvgIpc) is 2.58. The molecule has 0 amide bonds. The van der Waals surface area contributed by atoms with E-state index in [1.165, 1.54) is 16.7 Å². The summed E-state index contributed by atoms with van der Waals surface area (Å²) in [5.74, 6) is 0.885. The standard InChI is InChI=1S/C20H20ClNO/c1-16-6-5-13-22(21)20(16)14-17-9-11-19(12-10-17)23-15-18-7-3-2-4-8-18/h2-13,20H,14-15H2,1H3. The van der Waals surface area contributed by atoms with Crippen molar-refractivity contribution in [2.75, 3.05) is 0 Å². The highest BCUT2D eigenvalue weighted by Gasteiger charge is 2.18. The van der Waals surface area contributed by atoms with Gasteiger partial charge in [0, 0.05) is 18.0 Å². The SMILES string of the molecule is CC1=CC=CN(Cl)C1Cc1ccc(OCc2ccccc2)cc1. The highest BCUT2D eigenvalue weighted by Crippen LogP contribution is 2.23. The quantitative estimate of drug-likeness (QED) is 0.709. The van der Waals surface area contributed by atoms with E-state index in [-0.39, 0.29) is 6.04 Å². The van der Waals surface area contributed by atoms with Crippen molar-refractivity contribution >= 4 is 11.8 Å². The Labute approximate surface area is 142 Å². The first-order valence-corrected chi connectivity index (χ1v) is 8.11. The number of benzene rings is 2. The number of halogens is 1. The van der Waals surface area contributed by atoms with E-state index in [0.29, 0.717) is 6.61 Å². The Kier molecular flexibility index (Phi) is 5.04. The van der Waals surface area contributed by atoms with Crippen LogP contribution in [-0.2, 0) is 13.0 Å². The van der Waals surface area contributed by atoms with Gasteiger partial charge in [0.2, 0.25) is 0 Å². The highest BCUT2D eigenvalue weighted by atomic mass is 35.5. The first-order valence-electron chi connectivity index (χ1n) is 7.77. The Hall–Kier alpha value is -2.19. The summed E-state index contributed by atoms with van der Waals surface area (Å²) >= 11 is 6.26. The molecule has 0 bridgehead atoms. The van der Waals surface area contributed by atoms with Crippen LogP contribution in [0, 0.1) is 0 Å². The van der Waals surface area contributed by atoms with Gasteiger partial charge in [0.15, 0.2) is 0 Å². The van der Waals surface area contributed by atoms with Gasteiger partial charge in [-0.15, -0.1) is 0 Å². The first kappa shape index (κ1) is 15.7. The van der Waals surface area contributed by atoms with Gasteiger partial charge in [-0.05, 0) is 48.3 Å². The van der Waals surface area contributed by atoms with E-state index < -0.39 is 0 Å². The van der Waals surface area contributed by atoms with Gasteiger partial charge in [-0.25, -0.2) is 0 Å². The molecule has 0 N–H and O–H groups in total. The minimum atomic E-state index is 0.206. The molecule has 23 heavy (non-hydrogen) atoms. The third-order valence-electron chi connectivity index (χ3n) is 4.01. The lowest BCUT2D eigenvalue weighted by Crippen LogP contribution is -2.28. The highest BCUT2D eigenvalue weighted by molar-refractivity contribution is 6.14. The predicted molar refractivity (Wildman–Crippen MR) is 95.3 cm³/mol. The smallest absolute Gasteiger partial charge is 0.119 e. The molecule has 2 aromatic carbocycles. The fourth-order valence-corrected chi connectivity index (χ4v) is 2.91. The lowest BCUT2D eigenvalue weighted by Gasteiger charge is -2.27. The van der Waals surface area contributed by atoms with Crippen molar-refractivity contribution in [1.29, 1.82) is 0 Å². The van der Waals surface area contributed by atoms with Crippen molar-refractivity contribution < 1.29 is 4.74 Å². The number of ether oxygens (including phenoxy) is 1. The van der Waals surface area contributed by atoms with Crippen LogP contribution in [-0.4, -0.2) is 10.5 Å². The van der Waals surface area contributed by atoms with Crippen LogP contribution in [0.25, 0.3) is 0 Å². The molecule has 1 aliphatic rings. The summed E-state index contributed by atoms with van der Waals surface area (Å²) in [6.45, 7) is 2.70. The van der Waals surface area contributed by atoms with E-state index >= 15 is 0 Å². The molecule has 3 heteroatoms. The number of hydrogen-bond acceptors (Lipinski definition) is 2. The van der Waals surface area contributed by atoms with Gasteiger partial charge in [0.25, 0.3) is 0 Å². The van der Waals surface area contributed by atoms with Gasteiger partial charge in [0.05, 0.1) is 6.04 Å². The van der Waals surface area contributed by atoms with Crippen LogP contribution in [0.15, 0.2) is 78.5 Å². The van der Waals surface area contributed by atoms with Crippen LogP contribution in [0.5, 0.6) is 5.75 Å². The van der Waals surface area contributed by atoms with Crippen molar-refractivity contribution in [2.45, 2.75) is 26.0 Å². The zero-order valence-corrected chi connectivity index (χ0v) is 13.9. The first-order chi connectivity index (χ1) is 11.2. The van der Waals surface area contributed by atoms with E-state index in [0.717, 1.165) is 12.2 Å². The lowest BCUT2D eigenvalue weighted by molar-refractivity contribution is 0.306. The van der Waals surface area contributed by atoms with Gasteiger partial charge in [-0.1, -0.05) is 48.5 Å². The molecule has 0 saturated heterocycles. The second kappa shape index (κ2) is 7.38. The zero-order chi connectivity index (χ0) is 16.1. The Balaban J connectivity index is 1.59. The van der Waals surface area contributed by atoms with Gasteiger partial charge in [0.1, 0.15) is 12.4 Å². The minimum Gasteiger partial charge on any atom is -0.489 e. The van der Waals surface area contributed by atoms with Gasteiger partial charge < -0.3 is 4.74 Å². The van der Waals surface area contributed by atoms with Crippen LogP contribution in [0.1, 0.15) is 18.1 Å². The van der Waals surface area contributed by atoms with E-state index in [1.807, 2.05) is 42.6 Å². The topological polar surface area (TPSA) is 12.5 Å². The number of allylic oxidation sites excluding steroid dienone is 2. The van der Waals surface area contributed by atoms with E-state index in [2.05, 4.69) is 37.3 Å². The van der Waals surface area contributed by atoms with Crippen LogP contribution < -0.4 is 4.74 Å². The largest absolute Gasteiger partial charge is 0.489 e. The Morgan fingerprint density at radius 2 is 1.74 bits per heavy atom. The molecule has 1 atom stereocenters. The molecule has 1 unspecified atom stereocenters. The van der Waals surface area contributed by atoms with Gasteiger partial charge in [-0.2, -0.15) is 0 Å². The summed E-state index contributed by atoms with van der Waals surface area (Å²) < 4.78 is 7.57. The Morgan fingerprint density at radius 3 is 2.43 bits per heavy atom. The van der Waals surface area contributed by atoms with Crippen LogP contribution in [0.2, 0.25) is 0 Å². The maximum Gasteiger partial charge on any atom is 0.119 e. The molecule has 0 fully saturated rings. The van der Waals surface area contributed by atoms with E-state index in [1.54, 1.807) is 4.42 Å². The number of hydrogen-bond donors (Lipinski definition) is 0. The lowest BCUT2D eigenvalue weighted by atomic mass is 9.98. The molecule has 2 nitrogen and oxygen atoms in total. The maximum absolute atomic E-state index is 6.26. The second-order valence-electron chi connectivity index (χ2n) is 5.73. The van der Waals surface area contributed by atoms with Crippen LogP contribution in [0.3, 0.4) is 0 Å². The molecule has 0 aromatic heterocycles. The summed E-state index contributed by atoms with van der Waals surface area (Å²) in [7, 11) is 0. The molecule has 0 radical (unpaired) electrons. The van der Waals surface area contributed by atoms with Gasteiger partial charge in [-0.3, -0.25) is 4.42 Å². The molecule has 0 spiro atoms. The van der Waals surface area contributed by atoms with Gasteiger partial charge >= 0.3 is 0 Å². The van der Waals surface area contributed by atoms with Crippen LogP contribution >= 0.6 is 11.8 Å². The zero-order valence-electron chi connectivity index (χ0n) is 13.2. The normalized spacial score (nSPS) is 17.0. The fraction of sp³-hybridized carbons (Fsp3) is 0.200. The molecular weight excluding hydrogens is 306 g/mol. The number of nitrogens with zero attached hydrogens (tertiary/aromatic N) is 1. The molecule has 0 saturated carbocycles. The third-order valence-corrected chi connectivity index (χ3v) is 4.36. The summed E-state index contributed by atoms with van der Waals surface area (Å²) in [6.07, 6.45) is 6.87. The molecule has 118 valence electrons. The molecule has 0 aliphatic carbocycles. The third kappa shape index (κ3) is 4.17. The summed E-state index contributed by atoms with van der Waals surface area (Å²) in [6, 6.07) is 18.6. The number of rotatable bonds is 5. The Bertz CT molecular complexity index is 691. The average molecular weight is 326 g/mol. The van der Waals surface area contributed by atoms with Crippen LogP contribution in [0.4, 0.5) is 0 Å². The van der Waals surface area contributed by atoms with E-state index in [9.17, 15) is 0 Å². The summed E-state index contributed by atoms with van der Waals surface area (Å²) in [5, 5.41) is 0. The molecule has 2 aromatic rings. The molecule has 1 heterocycles. The summed E-state index contributed by atoms with van der Waals surface area (Å²) in [5.41, 5.74) is 3.69. The monoisotopic (exact) mass is 325 g/mol. The molecular formula is C20H20ClNO. The molecule has 3 rings (SSSR count). The fourth-order valence-electron chi connectivity index (χ4n) is 2.62. The molecule has 1 aliphatic heterocycles. The van der Waals surface area contributed by atoms with Crippen molar-refractivity contribution in [3.63, 3.8) is 0 Å². The summed E-state index contributed by atoms with van der Waals surface area (Å²) in [4.78, 5) is 0. The van der Waals surface area contributed by atoms with E-state index in [4.69, 9.17) is 16.5 Å². The van der Waals surface area contributed by atoms with Crippen molar-refractivity contribution in [1.82, 2.24) is 4.42 Å². The minimum absolute atomic E-state index is 0.206.